The minimum absolute atomic E-state index is 0.0494. The normalized spacial score (nSPS) is 41.1. The lowest BCUT2D eigenvalue weighted by atomic mass is 9.52. The smallest absolute Gasteiger partial charge is 0.133 e. The lowest BCUT2D eigenvalue weighted by Gasteiger charge is -2.64. The van der Waals surface area contributed by atoms with Gasteiger partial charge in [0.15, 0.2) is 0 Å². The number of ether oxygens (including phenoxy) is 1. The van der Waals surface area contributed by atoms with Crippen molar-refractivity contribution >= 4 is 28.8 Å². The summed E-state index contributed by atoms with van der Waals surface area (Å²) in [6, 6.07) is 0. The van der Waals surface area contributed by atoms with Gasteiger partial charge in [-0.05, 0) is 12.8 Å². The number of fused-ring (bicyclic) bond motifs is 1. The molecular formula is C14H22OS2. The van der Waals surface area contributed by atoms with Crippen LogP contribution in [0, 0.1) is 10.8 Å². The summed E-state index contributed by atoms with van der Waals surface area (Å²) < 4.78 is 6.57. The Labute approximate surface area is 114 Å². The van der Waals surface area contributed by atoms with Gasteiger partial charge in [-0.2, -0.15) is 0 Å². The molecule has 1 saturated heterocycles. The predicted octanol–water partition coefficient (Wildman–Crippen LogP) is 4.19. The van der Waals surface area contributed by atoms with Gasteiger partial charge in [0, 0.05) is 20.9 Å². The van der Waals surface area contributed by atoms with Crippen molar-refractivity contribution in [2.24, 2.45) is 10.8 Å². The molecule has 2 atom stereocenters. The lowest BCUT2D eigenvalue weighted by molar-refractivity contribution is -0.138. The van der Waals surface area contributed by atoms with Crippen molar-refractivity contribution in [3.8, 4) is 0 Å². The van der Waals surface area contributed by atoms with Gasteiger partial charge in [-0.15, -0.1) is 11.8 Å². The first-order chi connectivity index (χ1) is 7.83. The standard InChI is InChI=1S/C14H22OS2/c1-12(2)11(16)13(3,4)14(12)15-9-7-5-6-8-10(9)17-14/h9-10H,5-8H2,1-4H3/t9-,10-/m1/s1. The van der Waals surface area contributed by atoms with Gasteiger partial charge >= 0.3 is 0 Å². The van der Waals surface area contributed by atoms with Gasteiger partial charge in [-0.25, -0.2) is 0 Å². The Morgan fingerprint density at radius 2 is 1.71 bits per heavy atom. The quantitative estimate of drug-likeness (QED) is 0.611. The molecule has 1 nitrogen and oxygen atoms in total. The third-order valence-corrected chi connectivity index (χ3v) is 8.37. The van der Waals surface area contributed by atoms with Crippen LogP contribution in [0.5, 0.6) is 0 Å². The fourth-order valence-electron chi connectivity index (χ4n) is 4.17. The SMILES string of the molecule is CC1(C)C(=S)C(C)(C)C12O[C@@H]1CCCC[C@H]1S2. The van der Waals surface area contributed by atoms with E-state index in [1.54, 1.807) is 0 Å². The Morgan fingerprint density at radius 3 is 2.29 bits per heavy atom. The fourth-order valence-corrected chi connectivity index (χ4v) is 6.62. The molecule has 96 valence electrons. The maximum atomic E-state index is 6.57. The minimum atomic E-state index is -0.0588. The number of thiocarbonyl (C=S) groups is 1. The maximum absolute atomic E-state index is 6.57. The summed E-state index contributed by atoms with van der Waals surface area (Å²) in [6.45, 7) is 9.08. The highest BCUT2D eigenvalue weighted by atomic mass is 32.2. The van der Waals surface area contributed by atoms with Gasteiger partial charge in [0.05, 0.1) is 6.10 Å². The monoisotopic (exact) mass is 270 g/mol. The molecule has 1 heterocycles. The topological polar surface area (TPSA) is 9.23 Å². The summed E-state index contributed by atoms with van der Waals surface area (Å²) in [4.78, 5) is 1.13. The number of thioether (sulfide) groups is 1. The van der Waals surface area contributed by atoms with Crippen LogP contribution in [0.2, 0.25) is 0 Å². The molecule has 1 spiro atoms. The molecule has 2 aliphatic carbocycles. The second-order valence-corrected chi connectivity index (χ2v) is 8.62. The van der Waals surface area contributed by atoms with Crippen LogP contribution in [0.1, 0.15) is 53.4 Å². The Hall–Kier alpha value is 0.400. The zero-order valence-corrected chi connectivity index (χ0v) is 12.8. The van der Waals surface area contributed by atoms with E-state index in [2.05, 4.69) is 39.5 Å². The van der Waals surface area contributed by atoms with E-state index < -0.39 is 0 Å². The Balaban J connectivity index is 1.95. The zero-order chi connectivity index (χ0) is 12.5. The summed E-state index contributed by atoms with van der Waals surface area (Å²) in [7, 11) is 0. The van der Waals surface area contributed by atoms with Gasteiger partial charge in [-0.1, -0.05) is 52.8 Å². The number of hydrogen-bond acceptors (Lipinski definition) is 3. The Kier molecular flexibility index (Phi) is 2.55. The first kappa shape index (κ1) is 12.4. The van der Waals surface area contributed by atoms with Gasteiger partial charge in [-0.3, -0.25) is 0 Å². The minimum Gasteiger partial charge on any atom is -0.358 e. The van der Waals surface area contributed by atoms with E-state index in [1.165, 1.54) is 30.5 Å². The van der Waals surface area contributed by atoms with Crippen LogP contribution in [-0.2, 0) is 4.74 Å². The third-order valence-electron chi connectivity index (χ3n) is 5.06. The number of rotatable bonds is 0. The first-order valence-corrected chi connectivity index (χ1v) is 8.02. The summed E-state index contributed by atoms with van der Waals surface area (Å²) in [5.74, 6) is 0. The highest BCUT2D eigenvalue weighted by molar-refractivity contribution is 8.01. The molecule has 0 amide bonds. The lowest BCUT2D eigenvalue weighted by Crippen LogP contribution is -2.71. The molecule has 17 heavy (non-hydrogen) atoms. The van der Waals surface area contributed by atoms with E-state index >= 15 is 0 Å². The van der Waals surface area contributed by atoms with Gasteiger partial charge in [0.2, 0.25) is 0 Å². The molecule has 0 N–H and O–H groups in total. The van der Waals surface area contributed by atoms with Crippen LogP contribution < -0.4 is 0 Å². The second-order valence-electron chi connectivity index (χ2n) is 6.79. The number of hydrogen-bond donors (Lipinski definition) is 0. The van der Waals surface area contributed by atoms with Crippen LogP contribution >= 0.6 is 24.0 Å². The summed E-state index contributed by atoms with van der Waals surface area (Å²) >= 11 is 7.73. The van der Waals surface area contributed by atoms with E-state index in [1.807, 2.05) is 0 Å². The molecule has 3 heteroatoms. The molecule has 3 rings (SSSR count). The first-order valence-electron chi connectivity index (χ1n) is 6.73. The molecule has 0 unspecified atom stereocenters. The largest absolute Gasteiger partial charge is 0.358 e. The van der Waals surface area contributed by atoms with Crippen LogP contribution in [0.15, 0.2) is 0 Å². The second kappa shape index (κ2) is 3.49. The molecule has 1 aliphatic heterocycles. The van der Waals surface area contributed by atoms with Gasteiger partial charge in [0.25, 0.3) is 0 Å². The molecule has 0 radical (unpaired) electrons. The molecule has 0 bridgehead atoms. The van der Waals surface area contributed by atoms with E-state index in [0.29, 0.717) is 11.4 Å². The molecule has 2 saturated carbocycles. The summed E-state index contributed by atoms with van der Waals surface area (Å²) in [5, 5.41) is 0.713. The zero-order valence-electron chi connectivity index (χ0n) is 11.2. The average Bonchev–Trinajstić information content (AvgIpc) is 2.69. The van der Waals surface area contributed by atoms with Crippen LogP contribution in [0.25, 0.3) is 0 Å². The van der Waals surface area contributed by atoms with Crippen LogP contribution in [0.4, 0.5) is 0 Å². The molecule has 0 aromatic carbocycles. The van der Waals surface area contributed by atoms with E-state index in [4.69, 9.17) is 17.0 Å². The van der Waals surface area contributed by atoms with Crippen molar-refractivity contribution in [3.63, 3.8) is 0 Å². The van der Waals surface area contributed by atoms with Gasteiger partial charge in [0.1, 0.15) is 4.93 Å². The van der Waals surface area contributed by atoms with E-state index in [-0.39, 0.29) is 15.8 Å². The Bertz CT molecular complexity index is 338. The van der Waals surface area contributed by atoms with Gasteiger partial charge < -0.3 is 4.74 Å². The average molecular weight is 270 g/mol. The van der Waals surface area contributed by atoms with Crippen molar-refractivity contribution in [3.05, 3.63) is 0 Å². The van der Waals surface area contributed by atoms with Crippen molar-refractivity contribution in [1.82, 2.24) is 0 Å². The highest BCUT2D eigenvalue weighted by Gasteiger charge is 2.74. The predicted molar refractivity (Wildman–Crippen MR) is 77.6 cm³/mol. The van der Waals surface area contributed by atoms with Crippen LogP contribution in [0.3, 0.4) is 0 Å². The van der Waals surface area contributed by atoms with E-state index in [0.717, 1.165) is 0 Å². The molecular weight excluding hydrogens is 248 g/mol. The van der Waals surface area contributed by atoms with E-state index in [9.17, 15) is 0 Å². The van der Waals surface area contributed by atoms with Crippen molar-refractivity contribution < 1.29 is 4.74 Å². The molecule has 3 fully saturated rings. The van der Waals surface area contributed by atoms with Crippen LogP contribution in [-0.4, -0.2) is 21.2 Å². The fraction of sp³-hybridized carbons (Fsp3) is 0.929. The summed E-state index contributed by atoms with van der Waals surface area (Å²) in [5.41, 5.74) is 0.0989. The van der Waals surface area contributed by atoms with Crippen molar-refractivity contribution in [2.45, 2.75) is 69.7 Å². The molecule has 0 aromatic heterocycles. The van der Waals surface area contributed by atoms with Crippen molar-refractivity contribution in [2.75, 3.05) is 0 Å². The maximum Gasteiger partial charge on any atom is 0.133 e. The highest BCUT2D eigenvalue weighted by Crippen LogP contribution is 2.71. The van der Waals surface area contributed by atoms with Crippen molar-refractivity contribution in [1.29, 1.82) is 0 Å². The molecule has 0 aromatic rings. The molecule has 3 aliphatic rings. The summed E-state index contributed by atoms with van der Waals surface area (Å²) in [6.07, 6.45) is 5.77. The Morgan fingerprint density at radius 1 is 1.12 bits per heavy atom. The third kappa shape index (κ3) is 1.29.